The molecular weight excluding hydrogens is 286 g/mol. The van der Waals surface area contributed by atoms with E-state index in [1.54, 1.807) is 49.9 Å². The van der Waals surface area contributed by atoms with E-state index in [2.05, 4.69) is 5.32 Å². The number of anilines is 1. The lowest BCUT2D eigenvalue weighted by molar-refractivity contribution is -0.142. The lowest BCUT2D eigenvalue weighted by Crippen LogP contribution is -2.34. The van der Waals surface area contributed by atoms with Crippen LogP contribution in [0.25, 0.3) is 0 Å². The van der Waals surface area contributed by atoms with Gasteiger partial charge in [-0.3, -0.25) is 9.59 Å². The summed E-state index contributed by atoms with van der Waals surface area (Å²) in [5, 5.41) is 12.1. The van der Waals surface area contributed by atoms with Gasteiger partial charge >= 0.3 is 5.97 Å². The fourth-order valence-electron chi connectivity index (χ4n) is 2.32. The van der Waals surface area contributed by atoms with E-state index in [0.717, 1.165) is 24.2 Å². The van der Waals surface area contributed by atoms with Gasteiger partial charge in [0.25, 0.3) is 0 Å². The number of rotatable bonds is 4. The van der Waals surface area contributed by atoms with Crippen molar-refractivity contribution in [3.05, 3.63) is 29.8 Å². The van der Waals surface area contributed by atoms with Crippen molar-refractivity contribution >= 4 is 29.3 Å². The molecule has 1 saturated heterocycles. The fraction of sp³-hybridized carbons (Fsp3) is 0.500. The highest BCUT2D eigenvalue weighted by molar-refractivity contribution is 8.01. The minimum Gasteiger partial charge on any atom is -0.481 e. The van der Waals surface area contributed by atoms with Gasteiger partial charge in [0, 0.05) is 5.69 Å². The summed E-state index contributed by atoms with van der Waals surface area (Å²) in [5.41, 5.74) is 0.489. The molecule has 1 heterocycles. The van der Waals surface area contributed by atoms with Gasteiger partial charge in [-0.05, 0) is 57.1 Å². The van der Waals surface area contributed by atoms with Crippen molar-refractivity contribution in [2.75, 3.05) is 11.1 Å². The summed E-state index contributed by atoms with van der Waals surface area (Å²) in [7, 11) is 0. The molecule has 1 atom stereocenters. The first-order chi connectivity index (χ1) is 9.75. The van der Waals surface area contributed by atoms with Crippen LogP contribution >= 0.6 is 11.8 Å². The highest BCUT2D eigenvalue weighted by atomic mass is 32.2. The quantitative estimate of drug-likeness (QED) is 0.896. The van der Waals surface area contributed by atoms with Crippen molar-refractivity contribution in [1.82, 2.24) is 0 Å². The zero-order valence-electron chi connectivity index (χ0n) is 12.6. The molecule has 114 valence electrons. The van der Waals surface area contributed by atoms with Gasteiger partial charge in [0.1, 0.15) is 0 Å². The molecule has 0 aliphatic carbocycles. The van der Waals surface area contributed by atoms with Crippen molar-refractivity contribution in [2.24, 2.45) is 0 Å². The summed E-state index contributed by atoms with van der Waals surface area (Å²) in [5.74, 6) is 0.180. The molecule has 0 radical (unpaired) electrons. The molecule has 1 unspecified atom stereocenters. The first kappa shape index (κ1) is 15.9. The van der Waals surface area contributed by atoms with Crippen molar-refractivity contribution < 1.29 is 14.7 Å². The molecule has 0 saturated carbocycles. The normalized spacial score (nSPS) is 22.0. The highest BCUT2D eigenvalue weighted by Crippen LogP contribution is 2.38. The summed E-state index contributed by atoms with van der Waals surface area (Å²) in [6.45, 7) is 5.31. The molecule has 1 aliphatic rings. The van der Waals surface area contributed by atoms with E-state index in [0.29, 0.717) is 5.69 Å². The number of hydrogen-bond acceptors (Lipinski definition) is 3. The van der Waals surface area contributed by atoms with Crippen molar-refractivity contribution in [3.8, 4) is 0 Å². The molecule has 1 aromatic rings. The van der Waals surface area contributed by atoms with Crippen LogP contribution < -0.4 is 5.32 Å². The number of carbonyl (C=O) groups excluding carboxylic acids is 1. The van der Waals surface area contributed by atoms with Gasteiger partial charge in [-0.15, -0.1) is 11.8 Å². The van der Waals surface area contributed by atoms with Crippen LogP contribution in [0, 0.1) is 0 Å². The molecule has 1 fully saturated rings. The SMILES string of the molecule is CC1(C(=O)Nc2ccc(C(C)(C)C(=O)O)cc2)CCCS1. The zero-order valence-corrected chi connectivity index (χ0v) is 13.4. The van der Waals surface area contributed by atoms with Crippen LogP contribution in [0.4, 0.5) is 5.69 Å². The van der Waals surface area contributed by atoms with Gasteiger partial charge in [-0.1, -0.05) is 12.1 Å². The van der Waals surface area contributed by atoms with E-state index < -0.39 is 11.4 Å². The number of amides is 1. The lowest BCUT2D eigenvalue weighted by Gasteiger charge is -2.22. The van der Waals surface area contributed by atoms with E-state index in [1.165, 1.54) is 0 Å². The first-order valence-corrected chi connectivity index (χ1v) is 8.04. The van der Waals surface area contributed by atoms with Gasteiger partial charge in [-0.2, -0.15) is 0 Å². The van der Waals surface area contributed by atoms with Gasteiger partial charge in [-0.25, -0.2) is 0 Å². The number of benzene rings is 1. The van der Waals surface area contributed by atoms with Crippen LogP contribution in [0.5, 0.6) is 0 Å². The van der Waals surface area contributed by atoms with Crippen LogP contribution in [0.1, 0.15) is 39.2 Å². The summed E-state index contributed by atoms with van der Waals surface area (Å²) in [6, 6.07) is 7.05. The maximum Gasteiger partial charge on any atom is 0.313 e. The summed E-state index contributed by atoms with van der Waals surface area (Å²) in [4.78, 5) is 23.5. The second-order valence-electron chi connectivity index (χ2n) is 6.14. The third kappa shape index (κ3) is 3.23. The number of nitrogens with one attached hydrogen (secondary N) is 1. The Morgan fingerprint density at radius 3 is 2.38 bits per heavy atom. The molecule has 1 aromatic carbocycles. The molecule has 1 amide bonds. The van der Waals surface area contributed by atoms with Crippen LogP contribution in [-0.4, -0.2) is 27.5 Å². The van der Waals surface area contributed by atoms with Crippen molar-refractivity contribution in [3.63, 3.8) is 0 Å². The lowest BCUT2D eigenvalue weighted by atomic mass is 9.85. The van der Waals surface area contributed by atoms with Gasteiger partial charge in [0.2, 0.25) is 5.91 Å². The molecule has 1 aliphatic heterocycles. The van der Waals surface area contributed by atoms with E-state index in [-0.39, 0.29) is 10.7 Å². The van der Waals surface area contributed by atoms with Crippen LogP contribution in [0.2, 0.25) is 0 Å². The summed E-state index contributed by atoms with van der Waals surface area (Å²) >= 11 is 1.69. The predicted molar refractivity (Wildman–Crippen MR) is 85.8 cm³/mol. The number of carbonyl (C=O) groups is 2. The number of aliphatic carboxylic acids is 1. The van der Waals surface area contributed by atoms with Crippen molar-refractivity contribution in [2.45, 2.75) is 43.8 Å². The second kappa shape index (κ2) is 5.72. The molecule has 21 heavy (non-hydrogen) atoms. The van der Waals surface area contributed by atoms with Crippen molar-refractivity contribution in [1.29, 1.82) is 0 Å². The standard InChI is InChI=1S/C16H21NO3S/c1-15(2,14(19)20)11-5-7-12(8-6-11)17-13(18)16(3)9-4-10-21-16/h5-8H,4,9-10H2,1-3H3,(H,17,18)(H,19,20). The Morgan fingerprint density at radius 2 is 1.90 bits per heavy atom. The number of thioether (sulfide) groups is 1. The summed E-state index contributed by atoms with van der Waals surface area (Å²) < 4.78 is -0.348. The van der Waals surface area contributed by atoms with E-state index in [4.69, 9.17) is 0 Å². The van der Waals surface area contributed by atoms with Gasteiger partial charge < -0.3 is 10.4 Å². The number of carboxylic acids is 1. The Balaban J connectivity index is 2.10. The Labute approximate surface area is 129 Å². The largest absolute Gasteiger partial charge is 0.481 e. The minimum absolute atomic E-state index is 0.0234. The number of hydrogen-bond donors (Lipinski definition) is 2. The second-order valence-corrected chi connectivity index (χ2v) is 7.74. The predicted octanol–water partition coefficient (Wildman–Crippen LogP) is 3.27. The Hall–Kier alpha value is -1.49. The molecule has 0 aromatic heterocycles. The molecule has 2 rings (SSSR count). The maximum atomic E-state index is 12.3. The average Bonchev–Trinajstić information content (AvgIpc) is 2.87. The fourth-order valence-corrected chi connectivity index (χ4v) is 3.53. The van der Waals surface area contributed by atoms with Crippen LogP contribution in [0.15, 0.2) is 24.3 Å². The Morgan fingerprint density at radius 1 is 1.29 bits per heavy atom. The zero-order chi connectivity index (χ0) is 15.7. The molecular formula is C16H21NO3S. The van der Waals surface area contributed by atoms with E-state index >= 15 is 0 Å². The summed E-state index contributed by atoms with van der Waals surface area (Å²) in [6.07, 6.45) is 1.97. The highest BCUT2D eigenvalue weighted by Gasteiger charge is 2.37. The van der Waals surface area contributed by atoms with Crippen LogP contribution in [0.3, 0.4) is 0 Å². The Kier molecular flexibility index (Phi) is 4.33. The third-order valence-electron chi connectivity index (χ3n) is 4.10. The third-order valence-corrected chi connectivity index (χ3v) is 5.62. The van der Waals surface area contributed by atoms with Gasteiger partial charge in [0.05, 0.1) is 10.2 Å². The molecule has 2 N–H and O–H groups in total. The van der Waals surface area contributed by atoms with Crippen LogP contribution in [-0.2, 0) is 15.0 Å². The van der Waals surface area contributed by atoms with E-state index in [9.17, 15) is 14.7 Å². The topological polar surface area (TPSA) is 66.4 Å². The Bertz CT molecular complexity index is 545. The average molecular weight is 307 g/mol. The maximum absolute atomic E-state index is 12.3. The number of carboxylic acid groups (broad SMARTS) is 1. The molecule has 5 heteroatoms. The minimum atomic E-state index is -0.935. The smallest absolute Gasteiger partial charge is 0.313 e. The van der Waals surface area contributed by atoms with E-state index in [1.807, 2.05) is 6.92 Å². The molecule has 0 bridgehead atoms. The molecule has 0 spiro atoms. The first-order valence-electron chi connectivity index (χ1n) is 7.05. The monoisotopic (exact) mass is 307 g/mol. The van der Waals surface area contributed by atoms with Gasteiger partial charge in [0.15, 0.2) is 0 Å². The molecule has 4 nitrogen and oxygen atoms in total.